The van der Waals surface area contributed by atoms with Crippen LogP contribution in [0.4, 0.5) is 0 Å². The van der Waals surface area contributed by atoms with Crippen LogP contribution in [0.3, 0.4) is 0 Å². The van der Waals surface area contributed by atoms with Crippen molar-refractivity contribution < 1.29 is 80.2 Å². The Bertz CT molecular complexity index is 2740. The summed E-state index contributed by atoms with van der Waals surface area (Å²) >= 11 is 0. The second-order valence-corrected chi connectivity index (χ2v) is 27.7. The molecule has 0 aliphatic carbocycles. The molecule has 586 valence electrons. The summed E-state index contributed by atoms with van der Waals surface area (Å²) in [6, 6.07) is 0. The molecule has 17 nitrogen and oxygen atoms in total. The fraction of sp³-hybridized carbons (Fsp3) is 0.576. The molecule has 0 rings (SSSR count). The average Bonchev–Trinajstić information content (AvgIpc) is 0.926. The Morgan fingerprint density at radius 1 is 0.279 bits per heavy atom. The smallest absolute Gasteiger partial charge is 0.462 e. The van der Waals surface area contributed by atoms with Crippen LogP contribution in [-0.2, 0) is 65.4 Å². The second-order valence-electron chi connectivity index (χ2n) is 24.8. The van der Waals surface area contributed by atoms with Gasteiger partial charge >= 0.3 is 39.5 Å². The SMILES string of the molecule is CC/C=C\C/C=C\C/C=C\C/C=C\C/C=C\CC(=O)OCC(COP(=O)(O)OCC(O)COP(=O)(O)OCC(COC(=O)CCCCCC/C=C\C/C=C\C/C=C\C/C=C\CC)OC(=O)CCCCCCCCC/C=C\C/C=C\C/C=C\CC)OC(=O)CCCC/C=C\C/C=C\C/C=C\C/C=C\CC. The van der Waals surface area contributed by atoms with Gasteiger partial charge in [-0.2, -0.15) is 0 Å². The zero-order chi connectivity index (χ0) is 76.0. The highest BCUT2D eigenvalue weighted by Gasteiger charge is 2.30. The summed E-state index contributed by atoms with van der Waals surface area (Å²) in [5, 5.41) is 10.6. The number of phosphoric acid groups is 2. The van der Waals surface area contributed by atoms with Crippen LogP contribution in [0.1, 0.15) is 259 Å². The molecule has 0 spiro atoms. The molecule has 0 fully saturated rings. The number of hydrogen-bond donors (Lipinski definition) is 3. The summed E-state index contributed by atoms with van der Waals surface area (Å²) in [4.78, 5) is 72.9. The first kappa shape index (κ1) is 97.9. The van der Waals surface area contributed by atoms with Crippen LogP contribution in [0, 0.1) is 0 Å². The molecule has 0 aromatic rings. The quantitative estimate of drug-likeness (QED) is 0.0169. The third-order valence-electron chi connectivity index (χ3n) is 15.1. The second kappa shape index (κ2) is 75.1. The molecule has 0 radical (unpaired) electrons. The summed E-state index contributed by atoms with van der Waals surface area (Å²) in [7, 11) is -10.0. The van der Waals surface area contributed by atoms with Crippen LogP contribution in [0.25, 0.3) is 0 Å². The molecule has 0 saturated heterocycles. The van der Waals surface area contributed by atoms with Crippen molar-refractivity contribution in [3.05, 3.63) is 194 Å². The lowest BCUT2D eigenvalue weighted by atomic mass is 10.1. The largest absolute Gasteiger partial charge is 0.472 e. The molecule has 0 aromatic heterocycles. The summed E-state index contributed by atoms with van der Waals surface area (Å²) in [6.07, 6.45) is 91.7. The molecule has 5 unspecified atom stereocenters. The van der Waals surface area contributed by atoms with E-state index in [2.05, 4.69) is 192 Å². The van der Waals surface area contributed by atoms with Gasteiger partial charge in [-0.25, -0.2) is 9.13 Å². The van der Waals surface area contributed by atoms with Crippen molar-refractivity contribution in [1.82, 2.24) is 0 Å². The molecule has 0 aliphatic heterocycles. The lowest BCUT2D eigenvalue weighted by Crippen LogP contribution is -2.30. The van der Waals surface area contributed by atoms with Gasteiger partial charge in [0.1, 0.15) is 19.3 Å². The number of carbonyl (C=O) groups is 4. The first-order valence-corrected chi connectivity index (χ1v) is 41.7. The highest BCUT2D eigenvalue weighted by molar-refractivity contribution is 7.47. The van der Waals surface area contributed by atoms with E-state index >= 15 is 0 Å². The Labute approximate surface area is 627 Å². The van der Waals surface area contributed by atoms with E-state index in [1.54, 1.807) is 6.08 Å². The van der Waals surface area contributed by atoms with Crippen molar-refractivity contribution in [3.8, 4) is 0 Å². The van der Waals surface area contributed by atoms with Crippen LogP contribution in [0.2, 0.25) is 0 Å². The summed E-state index contributed by atoms with van der Waals surface area (Å²) in [6.45, 7) is 4.18. The Hall–Kier alpha value is -6.10. The highest BCUT2D eigenvalue weighted by atomic mass is 31.2. The number of aliphatic hydroxyl groups is 1. The van der Waals surface area contributed by atoms with Crippen LogP contribution in [0.15, 0.2) is 194 Å². The van der Waals surface area contributed by atoms with Gasteiger partial charge in [0.05, 0.1) is 32.8 Å². The first-order valence-electron chi connectivity index (χ1n) is 38.7. The van der Waals surface area contributed by atoms with Crippen LogP contribution in [0.5, 0.6) is 0 Å². The Balaban J connectivity index is 5.52. The minimum Gasteiger partial charge on any atom is -0.462 e. The fourth-order valence-corrected chi connectivity index (χ4v) is 10.9. The van der Waals surface area contributed by atoms with E-state index in [-0.39, 0.29) is 25.7 Å². The lowest BCUT2D eigenvalue weighted by Gasteiger charge is -2.21. The van der Waals surface area contributed by atoms with Gasteiger partial charge in [-0.1, -0.05) is 267 Å². The maximum atomic E-state index is 13.1. The van der Waals surface area contributed by atoms with Crippen molar-refractivity contribution in [2.75, 3.05) is 39.6 Å². The molecule has 104 heavy (non-hydrogen) atoms. The minimum absolute atomic E-state index is 0.0149. The van der Waals surface area contributed by atoms with Gasteiger partial charge in [0.15, 0.2) is 12.2 Å². The summed E-state index contributed by atoms with van der Waals surface area (Å²) in [5.41, 5.74) is 0. The molecule has 0 amide bonds. The number of unbranched alkanes of at least 4 members (excludes halogenated alkanes) is 13. The average molecular weight is 1490 g/mol. The number of aliphatic hydroxyl groups excluding tert-OH is 1. The zero-order valence-electron chi connectivity index (χ0n) is 63.9. The van der Waals surface area contributed by atoms with Gasteiger partial charge in [-0.3, -0.25) is 37.3 Å². The molecule has 0 heterocycles. The molecule has 0 aliphatic rings. The van der Waals surface area contributed by atoms with Crippen LogP contribution < -0.4 is 0 Å². The predicted octanol–water partition coefficient (Wildman–Crippen LogP) is 22.5. The number of hydrogen-bond acceptors (Lipinski definition) is 15. The van der Waals surface area contributed by atoms with E-state index < -0.39 is 97.5 Å². The van der Waals surface area contributed by atoms with E-state index in [4.69, 9.17) is 37.0 Å². The number of rotatable bonds is 70. The maximum Gasteiger partial charge on any atom is 0.472 e. The first-order chi connectivity index (χ1) is 50.7. The van der Waals surface area contributed by atoms with E-state index in [0.717, 1.165) is 173 Å². The van der Waals surface area contributed by atoms with Crippen molar-refractivity contribution in [1.29, 1.82) is 0 Å². The van der Waals surface area contributed by atoms with Crippen molar-refractivity contribution in [3.63, 3.8) is 0 Å². The Kier molecular flexibility index (Phi) is 70.7. The van der Waals surface area contributed by atoms with Crippen LogP contribution >= 0.6 is 15.6 Å². The molecule has 0 aromatic carbocycles. The molecule has 0 saturated carbocycles. The van der Waals surface area contributed by atoms with Gasteiger partial charge in [0.2, 0.25) is 0 Å². The van der Waals surface area contributed by atoms with E-state index in [9.17, 15) is 43.2 Å². The fourth-order valence-electron chi connectivity index (χ4n) is 9.35. The molecule has 5 atom stereocenters. The maximum absolute atomic E-state index is 13.1. The third-order valence-corrected chi connectivity index (χ3v) is 17.0. The summed E-state index contributed by atoms with van der Waals surface area (Å²) < 4.78 is 68.4. The topological polar surface area (TPSA) is 237 Å². The van der Waals surface area contributed by atoms with Crippen molar-refractivity contribution >= 4 is 39.5 Å². The molecule has 3 N–H and O–H groups in total. The predicted molar refractivity (Wildman–Crippen MR) is 426 cm³/mol. The summed E-state index contributed by atoms with van der Waals surface area (Å²) in [5.74, 6) is -2.43. The van der Waals surface area contributed by atoms with E-state index in [0.29, 0.717) is 32.1 Å². The molecular weight excluding hydrogens is 1350 g/mol. The minimum atomic E-state index is -5.02. The van der Waals surface area contributed by atoms with Crippen molar-refractivity contribution in [2.24, 2.45) is 0 Å². The number of allylic oxidation sites excluding steroid dienone is 31. The number of phosphoric ester groups is 2. The Morgan fingerprint density at radius 2 is 0.510 bits per heavy atom. The van der Waals surface area contributed by atoms with Gasteiger partial charge in [0, 0.05) is 19.3 Å². The van der Waals surface area contributed by atoms with Gasteiger partial charge in [0.25, 0.3) is 0 Å². The van der Waals surface area contributed by atoms with Gasteiger partial charge in [-0.05, 0) is 161 Å². The van der Waals surface area contributed by atoms with Crippen molar-refractivity contribution in [2.45, 2.75) is 277 Å². The number of carbonyl (C=O) groups excluding carboxylic acids is 4. The third kappa shape index (κ3) is 74.2. The monoisotopic (exact) mass is 1490 g/mol. The standard InChI is InChI=1S/C85H134O17P2/c1-5-9-13-17-21-25-29-33-37-39-43-46-50-54-58-62-66-70-83(88)96-76-81(102-85(90)72-68-64-60-56-52-48-44-40-38-34-30-26-22-18-14-10-6-2)78-100-104(93,94)98-74-79(86)73-97-103(91,92)99-77-80(101-84(89)71-67-63-59-55-51-47-42-36-32-28-24-20-16-12-8-4)75-95-82(87)69-65-61-57-53-49-45-41-35-31-27-23-19-15-11-7-3/h9-16,21-28,33-38,41-43,46,49,51,53,55,61,65,79-81,86H,5-8,17-20,29-32,39-40,44-45,47-48,50,52,54,56-60,62-64,66-78H2,1-4H3,(H,91,92)(H,93,94)/b13-9-,14-10-,15-11-,16-12-,25-21-,26-22-,27-23-,28-24-,37-33-,38-34-,41-35-,42-36-,46-43-,53-49-,55-51-,65-61-. The van der Waals surface area contributed by atoms with E-state index in [1.807, 2.05) is 24.3 Å². The molecule has 19 heteroatoms. The van der Waals surface area contributed by atoms with E-state index in [1.165, 1.54) is 0 Å². The van der Waals surface area contributed by atoms with Gasteiger partial charge < -0.3 is 33.8 Å². The lowest BCUT2D eigenvalue weighted by molar-refractivity contribution is -0.161. The normalized spacial score (nSPS) is 15.0. The highest BCUT2D eigenvalue weighted by Crippen LogP contribution is 2.45. The Morgan fingerprint density at radius 3 is 0.827 bits per heavy atom. The number of esters is 4. The molecular formula is C85H134O17P2. The zero-order valence-corrected chi connectivity index (χ0v) is 65.6. The molecule has 0 bridgehead atoms. The number of ether oxygens (including phenoxy) is 4. The van der Waals surface area contributed by atoms with Gasteiger partial charge in [-0.15, -0.1) is 0 Å². The van der Waals surface area contributed by atoms with Crippen LogP contribution in [-0.4, -0.2) is 96.7 Å².